The van der Waals surface area contributed by atoms with Crippen LogP contribution in [-0.4, -0.2) is 54.6 Å². The minimum atomic E-state index is -0.0859. The first-order valence-corrected chi connectivity index (χ1v) is 9.22. The third-order valence-electron chi connectivity index (χ3n) is 5.38. The van der Waals surface area contributed by atoms with Crippen LogP contribution in [0.15, 0.2) is 43.0 Å². The summed E-state index contributed by atoms with van der Waals surface area (Å²) < 4.78 is 3.84. The van der Waals surface area contributed by atoms with E-state index in [0.717, 1.165) is 44.1 Å². The van der Waals surface area contributed by atoms with Gasteiger partial charge in [-0.05, 0) is 45.5 Å². The van der Waals surface area contributed by atoms with Crippen LogP contribution in [-0.2, 0) is 18.5 Å². The van der Waals surface area contributed by atoms with Crippen molar-refractivity contribution in [1.82, 2.24) is 34.4 Å². The molecule has 1 saturated heterocycles. The third kappa shape index (κ3) is 3.03. The zero-order valence-electron chi connectivity index (χ0n) is 15.4. The van der Waals surface area contributed by atoms with Crippen molar-refractivity contribution >= 4 is 0 Å². The largest absolute Gasteiger partial charge is 0.306 e. The number of aromatic nitrogens is 6. The van der Waals surface area contributed by atoms with Crippen LogP contribution in [0, 0.1) is 0 Å². The highest BCUT2D eigenvalue weighted by Gasteiger charge is 2.41. The summed E-state index contributed by atoms with van der Waals surface area (Å²) in [7, 11) is 2.19. The van der Waals surface area contributed by atoms with Crippen LogP contribution >= 0.6 is 0 Å². The molecule has 2 aromatic heterocycles. The molecule has 136 valence electrons. The lowest BCUT2D eigenvalue weighted by Gasteiger charge is -2.40. The molecule has 7 heteroatoms. The summed E-state index contributed by atoms with van der Waals surface area (Å²) in [6, 6.07) is 10.8. The quantitative estimate of drug-likeness (QED) is 0.703. The molecular formula is C19H25N7. The van der Waals surface area contributed by atoms with E-state index in [1.165, 1.54) is 5.56 Å². The van der Waals surface area contributed by atoms with Gasteiger partial charge in [0.25, 0.3) is 0 Å². The summed E-state index contributed by atoms with van der Waals surface area (Å²) in [5, 5.41) is 8.96. The summed E-state index contributed by atoms with van der Waals surface area (Å²) in [5.74, 6) is 1.87. The van der Waals surface area contributed by atoms with Crippen molar-refractivity contribution in [3.8, 4) is 0 Å². The lowest BCUT2D eigenvalue weighted by Crippen LogP contribution is -2.43. The minimum Gasteiger partial charge on any atom is -0.306 e. The molecule has 1 aliphatic heterocycles. The first-order valence-electron chi connectivity index (χ1n) is 9.22. The lowest BCUT2D eigenvalue weighted by molar-refractivity contribution is 0.202. The minimum absolute atomic E-state index is 0.0859. The topological polar surface area (TPSA) is 64.7 Å². The van der Waals surface area contributed by atoms with E-state index in [1.807, 2.05) is 0 Å². The maximum atomic E-state index is 5.00. The first-order chi connectivity index (χ1) is 12.7. The Morgan fingerprint density at radius 2 is 1.88 bits per heavy atom. The molecule has 0 amide bonds. The van der Waals surface area contributed by atoms with Gasteiger partial charge in [0.1, 0.15) is 25.0 Å². The van der Waals surface area contributed by atoms with E-state index in [4.69, 9.17) is 10.1 Å². The molecular weight excluding hydrogens is 326 g/mol. The second-order valence-electron chi connectivity index (χ2n) is 7.01. The van der Waals surface area contributed by atoms with Gasteiger partial charge in [-0.1, -0.05) is 30.3 Å². The van der Waals surface area contributed by atoms with E-state index in [9.17, 15) is 0 Å². The zero-order chi connectivity index (χ0) is 18.0. The Morgan fingerprint density at radius 3 is 2.54 bits per heavy atom. The van der Waals surface area contributed by atoms with E-state index in [2.05, 4.69) is 64.0 Å². The van der Waals surface area contributed by atoms with Gasteiger partial charge in [0.05, 0.1) is 5.41 Å². The second-order valence-corrected chi connectivity index (χ2v) is 7.01. The number of piperidine rings is 1. The maximum Gasteiger partial charge on any atom is 0.172 e. The molecule has 4 rings (SSSR count). The Balaban J connectivity index is 1.77. The average Bonchev–Trinajstić information content (AvgIpc) is 3.34. The van der Waals surface area contributed by atoms with Crippen molar-refractivity contribution in [2.24, 2.45) is 0 Å². The highest BCUT2D eigenvalue weighted by Crippen LogP contribution is 2.40. The molecule has 3 aromatic rings. The Morgan fingerprint density at radius 1 is 1.12 bits per heavy atom. The Kier molecular flexibility index (Phi) is 4.55. The fourth-order valence-electron chi connectivity index (χ4n) is 3.89. The molecule has 0 spiro atoms. The molecule has 7 nitrogen and oxygen atoms in total. The molecule has 0 atom stereocenters. The van der Waals surface area contributed by atoms with Crippen LogP contribution in [0.25, 0.3) is 0 Å². The van der Waals surface area contributed by atoms with Gasteiger partial charge in [0.15, 0.2) is 5.82 Å². The first kappa shape index (κ1) is 16.9. The van der Waals surface area contributed by atoms with Crippen molar-refractivity contribution in [1.29, 1.82) is 0 Å². The van der Waals surface area contributed by atoms with Crippen LogP contribution in [0.5, 0.6) is 0 Å². The van der Waals surface area contributed by atoms with Gasteiger partial charge in [0.2, 0.25) is 0 Å². The highest BCUT2D eigenvalue weighted by atomic mass is 15.4. The fraction of sp³-hybridized carbons (Fsp3) is 0.474. The highest BCUT2D eigenvalue weighted by molar-refractivity contribution is 5.34. The van der Waals surface area contributed by atoms with Crippen LogP contribution in [0.1, 0.15) is 37.0 Å². The zero-order valence-corrected chi connectivity index (χ0v) is 15.4. The number of hydrogen-bond acceptors (Lipinski definition) is 5. The van der Waals surface area contributed by atoms with E-state index in [0.29, 0.717) is 6.54 Å². The summed E-state index contributed by atoms with van der Waals surface area (Å²) in [6.45, 7) is 5.60. The molecule has 0 N–H and O–H groups in total. The van der Waals surface area contributed by atoms with Crippen LogP contribution in [0.3, 0.4) is 0 Å². The predicted octanol–water partition coefficient (Wildman–Crippen LogP) is 1.95. The summed E-state index contributed by atoms with van der Waals surface area (Å²) in [6.07, 6.45) is 5.35. The SMILES string of the molecule is CCn1nc(Cn2cncn2)nc1C1(c2ccccc2)CCN(C)CC1. The van der Waals surface area contributed by atoms with E-state index in [1.54, 1.807) is 17.3 Å². The average molecular weight is 351 g/mol. The molecule has 0 radical (unpaired) electrons. The van der Waals surface area contributed by atoms with Gasteiger partial charge in [-0.15, -0.1) is 0 Å². The predicted molar refractivity (Wildman–Crippen MR) is 98.8 cm³/mol. The summed E-state index contributed by atoms with van der Waals surface area (Å²) in [5.41, 5.74) is 1.25. The number of rotatable bonds is 5. The molecule has 0 aliphatic carbocycles. The maximum absolute atomic E-state index is 5.00. The Hall–Kier alpha value is -2.54. The van der Waals surface area contributed by atoms with Crippen molar-refractivity contribution < 1.29 is 0 Å². The van der Waals surface area contributed by atoms with E-state index >= 15 is 0 Å². The molecule has 0 unspecified atom stereocenters. The van der Waals surface area contributed by atoms with Crippen LogP contribution in [0.2, 0.25) is 0 Å². The Labute approximate surface area is 153 Å². The second kappa shape index (κ2) is 6.99. The number of nitrogens with zero attached hydrogens (tertiary/aromatic N) is 7. The van der Waals surface area contributed by atoms with Gasteiger partial charge in [-0.3, -0.25) is 0 Å². The van der Waals surface area contributed by atoms with Gasteiger partial charge >= 0.3 is 0 Å². The number of likely N-dealkylation sites (tertiary alicyclic amines) is 1. The van der Waals surface area contributed by atoms with Crippen LogP contribution in [0.4, 0.5) is 0 Å². The summed E-state index contributed by atoms with van der Waals surface area (Å²) >= 11 is 0. The number of aryl methyl sites for hydroxylation is 1. The molecule has 1 fully saturated rings. The van der Waals surface area contributed by atoms with E-state index in [-0.39, 0.29) is 5.41 Å². The molecule has 0 saturated carbocycles. The fourth-order valence-corrected chi connectivity index (χ4v) is 3.89. The van der Waals surface area contributed by atoms with Crippen molar-refractivity contribution in [2.75, 3.05) is 20.1 Å². The van der Waals surface area contributed by atoms with Gasteiger partial charge < -0.3 is 4.90 Å². The molecule has 1 aliphatic rings. The van der Waals surface area contributed by atoms with Crippen molar-refractivity contribution in [3.63, 3.8) is 0 Å². The summed E-state index contributed by atoms with van der Waals surface area (Å²) in [4.78, 5) is 11.4. The van der Waals surface area contributed by atoms with Gasteiger partial charge in [0, 0.05) is 6.54 Å². The van der Waals surface area contributed by atoms with E-state index < -0.39 is 0 Å². The third-order valence-corrected chi connectivity index (χ3v) is 5.38. The number of hydrogen-bond donors (Lipinski definition) is 0. The van der Waals surface area contributed by atoms with Crippen molar-refractivity contribution in [3.05, 3.63) is 60.2 Å². The smallest absolute Gasteiger partial charge is 0.172 e. The number of benzene rings is 1. The molecule has 1 aromatic carbocycles. The normalized spacial score (nSPS) is 17.5. The standard InChI is InChI=1S/C19H25N7/c1-3-26-18(22-17(23-26)13-25-15-20-14-21-25)19(9-11-24(2)12-10-19)16-7-5-4-6-8-16/h4-8,14-15H,3,9-13H2,1-2H3. The monoisotopic (exact) mass is 351 g/mol. The molecule has 3 heterocycles. The Bertz CT molecular complexity index is 830. The van der Waals surface area contributed by atoms with Crippen molar-refractivity contribution in [2.45, 2.75) is 38.3 Å². The van der Waals surface area contributed by atoms with Gasteiger partial charge in [-0.2, -0.15) is 10.2 Å². The molecule has 26 heavy (non-hydrogen) atoms. The van der Waals surface area contributed by atoms with Gasteiger partial charge in [-0.25, -0.2) is 19.3 Å². The lowest BCUT2D eigenvalue weighted by atomic mass is 9.72. The van der Waals surface area contributed by atoms with Crippen LogP contribution < -0.4 is 0 Å². The molecule has 0 bridgehead atoms.